The van der Waals surface area contributed by atoms with E-state index in [1.807, 2.05) is 198 Å². The molecule has 14 rings (SSSR count). The number of ether oxygens (including phenoxy) is 2. The number of rotatable bonds is 26. The Hall–Kier alpha value is -14.7. The fourth-order valence-electron chi connectivity index (χ4n) is 15.0. The molecule has 2 fully saturated rings. The SMILES string of the molecule is Cc1ccc(C#Cc2cc(CN3CCN(Cc4cc(C#Cc5ccc(C)cc5)cc(C(=O)O)n4)CCN(Cc4cc(C#Cc5ccc(OCCCN)cc5)cc(C(=O)O)n4)CC3)nc(C(=O)O)c2)cc1.Cc1ccc(C#Cc2cc(CN3CCN(Cc4cc(C#Cc5ccc(C)cc5)cc(C(=O)O)n4)CCN(Cc4cc(C#Cc5ccc(OCCCN)cc5)cc(C(=O)O)n4)CC3)nc(C(=O)O)c2)cc1.[Eu+2]. The molecule has 713 valence electrons. The number of carbonyl (C=O) groups is 6. The fourth-order valence-corrected chi connectivity index (χ4v) is 15.0. The summed E-state index contributed by atoms with van der Waals surface area (Å²) in [5, 5.41) is 60.4. The summed E-state index contributed by atoms with van der Waals surface area (Å²) < 4.78 is 11.4. The second kappa shape index (κ2) is 52.9. The molecular formula is C112H106EuN14O14+2. The Morgan fingerprint density at radius 1 is 0.248 bits per heavy atom. The standard InChI is InChI=1S/2C56H53N7O7.Eu/c2*1-39-4-8-41(9-5-39)12-15-44-30-47(58-51(33-44)54(64)65)36-61-23-24-62(37-48-31-45(34-52(59-48)55(66)67)16-13-42-10-6-40(2)7-11-42)26-28-63(27-25-61)38-49-32-46(35-53(60-49)56(68)69)17-14-43-18-20-50(21-19-43)70-29-3-22-57;/h2*4-11,18-21,30-35H,3,22-29,36-38,57H2,1-2H3,(H,64,65)(H,66,67)(H,68,69);/q;;+2. The monoisotopic (exact) mass is 2020 g/mol. The number of pyridine rings is 6. The number of nitrogens with zero attached hydrogens (tertiary/aromatic N) is 12. The van der Waals surface area contributed by atoms with E-state index in [2.05, 4.69) is 130 Å². The molecule has 0 saturated carbocycles. The van der Waals surface area contributed by atoms with E-state index < -0.39 is 35.8 Å². The Balaban J connectivity index is 0.000000250. The van der Waals surface area contributed by atoms with Crippen LogP contribution in [-0.2, 0) is 39.3 Å². The Kier molecular flexibility index (Phi) is 39.4. The van der Waals surface area contributed by atoms with E-state index >= 15 is 0 Å². The van der Waals surface area contributed by atoms with Crippen LogP contribution < -0.4 is 20.9 Å². The van der Waals surface area contributed by atoms with Crippen molar-refractivity contribution in [3.63, 3.8) is 0 Å². The third kappa shape index (κ3) is 34.4. The molecule has 8 heterocycles. The molecule has 12 aromatic rings. The first kappa shape index (κ1) is 105. The van der Waals surface area contributed by atoms with Gasteiger partial charge in [0.2, 0.25) is 0 Å². The predicted octanol–water partition coefficient (Wildman–Crippen LogP) is 12.7. The molecule has 2 aliphatic heterocycles. The summed E-state index contributed by atoms with van der Waals surface area (Å²) in [5.41, 5.74) is 25.8. The number of hydrogen-bond acceptors (Lipinski definition) is 22. The molecular weight excluding hydrogens is 1920 g/mol. The van der Waals surface area contributed by atoms with E-state index in [1.165, 1.54) is 36.4 Å². The van der Waals surface area contributed by atoms with E-state index in [9.17, 15) is 59.4 Å². The summed E-state index contributed by atoms with van der Waals surface area (Å²) in [7, 11) is 0. The van der Waals surface area contributed by atoms with Crippen molar-refractivity contribution in [1.29, 1.82) is 0 Å². The van der Waals surface area contributed by atoms with Gasteiger partial charge >= 0.3 is 85.2 Å². The predicted molar refractivity (Wildman–Crippen MR) is 531 cm³/mol. The summed E-state index contributed by atoms with van der Waals surface area (Å²) in [6.45, 7) is 18.4. The fraction of sp³-hybridized carbons (Fsp3) is 0.250. The van der Waals surface area contributed by atoms with Crippen molar-refractivity contribution in [3.8, 4) is 82.5 Å². The second-order valence-electron chi connectivity index (χ2n) is 33.9. The maximum atomic E-state index is 12.4. The molecule has 0 amide bonds. The zero-order valence-electron chi connectivity index (χ0n) is 78.6. The number of hydrogen-bond donors (Lipinski definition) is 8. The molecule has 28 nitrogen and oxygen atoms in total. The Morgan fingerprint density at radius 3 is 0.546 bits per heavy atom. The smallest absolute Gasteiger partial charge is 0.494 e. The van der Waals surface area contributed by atoms with Gasteiger partial charge in [0, 0.05) is 185 Å². The molecule has 1 radical (unpaired) electrons. The Morgan fingerprint density at radius 2 is 0.397 bits per heavy atom. The van der Waals surface area contributed by atoms with Crippen molar-refractivity contribution in [2.45, 2.75) is 79.8 Å². The number of aromatic carboxylic acids is 6. The minimum Gasteiger partial charge on any atom is -0.494 e. The molecule has 0 aliphatic carbocycles. The average molecular weight is 2020 g/mol. The molecule has 6 aromatic heterocycles. The molecule has 2 saturated heterocycles. The van der Waals surface area contributed by atoms with Gasteiger partial charge < -0.3 is 51.6 Å². The van der Waals surface area contributed by atoms with Crippen LogP contribution in [0.25, 0.3) is 0 Å². The molecule has 10 N–H and O–H groups in total. The number of aromatic nitrogens is 6. The van der Waals surface area contributed by atoms with Crippen molar-refractivity contribution < 1.29 is 118 Å². The van der Waals surface area contributed by atoms with Crippen LogP contribution in [0, 0.1) is 148 Å². The first-order valence-electron chi connectivity index (χ1n) is 45.7. The van der Waals surface area contributed by atoms with Gasteiger partial charge in [0.25, 0.3) is 0 Å². The number of carboxylic acid groups (broad SMARTS) is 6. The van der Waals surface area contributed by atoms with E-state index in [0.29, 0.717) is 223 Å². The van der Waals surface area contributed by atoms with Gasteiger partial charge in [-0.1, -0.05) is 142 Å². The summed E-state index contributed by atoms with van der Waals surface area (Å²) in [6, 6.07) is 65.4. The summed E-state index contributed by atoms with van der Waals surface area (Å²) in [6.07, 6.45) is 1.48. The number of nitrogens with two attached hydrogens (primary N) is 2. The Bertz CT molecular complexity index is 6210. The molecule has 0 atom stereocenters. The third-order valence-electron chi connectivity index (χ3n) is 22.5. The van der Waals surface area contributed by atoms with Crippen LogP contribution in [0.5, 0.6) is 11.5 Å². The van der Waals surface area contributed by atoms with Crippen LogP contribution in [0.1, 0.15) is 199 Å². The van der Waals surface area contributed by atoms with E-state index in [4.69, 9.17) is 20.9 Å². The maximum absolute atomic E-state index is 12.4. The first-order chi connectivity index (χ1) is 67.7. The van der Waals surface area contributed by atoms with Gasteiger partial charge in [0.15, 0.2) is 0 Å². The molecule has 0 bridgehead atoms. The van der Waals surface area contributed by atoms with E-state index in [0.717, 1.165) is 68.5 Å². The first-order valence-corrected chi connectivity index (χ1v) is 45.7. The van der Waals surface area contributed by atoms with Crippen molar-refractivity contribution in [1.82, 2.24) is 59.3 Å². The normalized spacial score (nSPS) is 13.1. The summed E-state index contributed by atoms with van der Waals surface area (Å²) in [4.78, 5) is 114. The maximum Gasteiger partial charge on any atom is 2.00 e. The van der Waals surface area contributed by atoms with Gasteiger partial charge in [0.05, 0.1) is 47.4 Å². The number of carboxylic acids is 6. The molecule has 6 aromatic carbocycles. The van der Waals surface area contributed by atoms with E-state index in [1.54, 1.807) is 12.1 Å². The zero-order chi connectivity index (χ0) is 98.8. The van der Waals surface area contributed by atoms with Gasteiger partial charge in [-0.2, -0.15) is 0 Å². The Labute approximate surface area is 860 Å². The van der Waals surface area contributed by atoms with Gasteiger partial charge in [-0.15, -0.1) is 0 Å². The third-order valence-corrected chi connectivity index (χ3v) is 22.5. The number of aryl methyl sites for hydroxylation is 4. The average Bonchev–Trinajstić information content (AvgIpc) is 1.57. The topological polar surface area (TPSA) is 391 Å². The molecule has 29 heteroatoms. The molecule has 141 heavy (non-hydrogen) atoms. The molecule has 0 spiro atoms. The van der Waals surface area contributed by atoms with Crippen LogP contribution in [0.3, 0.4) is 0 Å². The largest absolute Gasteiger partial charge is 2.00 e. The van der Waals surface area contributed by atoms with Gasteiger partial charge in [-0.05, 0) is 223 Å². The van der Waals surface area contributed by atoms with Crippen LogP contribution >= 0.6 is 0 Å². The minimum atomic E-state index is -1.18. The van der Waals surface area contributed by atoms with Crippen molar-refractivity contribution in [2.75, 3.05) is 105 Å². The van der Waals surface area contributed by atoms with Crippen molar-refractivity contribution >= 4 is 35.8 Å². The van der Waals surface area contributed by atoms with E-state index in [-0.39, 0.29) is 83.5 Å². The van der Waals surface area contributed by atoms with Crippen molar-refractivity contribution in [2.24, 2.45) is 11.5 Å². The second-order valence-corrected chi connectivity index (χ2v) is 33.9. The van der Waals surface area contributed by atoms with Gasteiger partial charge in [-0.25, -0.2) is 58.7 Å². The van der Waals surface area contributed by atoms with Crippen LogP contribution in [-0.4, -0.2) is 231 Å². The van der Waals surface area contributed by atoms with Crippen molar-refractivity contribution in [3.05, 3.63) is 376 Å². The van der Waals surface area contributed by atoms with Gasteiger partial charge in [-0.3, -0.25) is 29.4 Å². The summed E-state index contributed by atoms with van der Waals surface area (Å²) in [5.74, 6) is 31.9. The summed E-state index contributed by atoms with van der Waals surface area (Å²) >= 11 is 0. The van der Waals surface area contributed by atoms with Gasteiger partial charge in [0.1, 0.15) is 45.7 Å². The van der Waals surface area contributed by atoms with Crippen LogP contribution in [0.15, 0.2) is 218 Å². The molecule has 0 unspecified atom stereocenters. The zero-order valence-corrected chi connectivity index (χ0v) is 81.0. The van der Waals surface area contributed by atoms with Crippen LogP contribution in [0.4, 0.5) is 0 Å². The molecule has 2 aliphatic rings. The quantitative estimate of drug-likeness (QED) is 0.0184. The van der Waals surface area contributed by atoms with Crippen LogP contribution in [0.2, 0.25) is 0 Å². The number of benzene rings is 6. The minimum absolute atomic E-state index is 0.